The van der Waals surface area contributed by atoms with Crippen molar-refractivity contribution in [3.05, 3.63) is 34.9 Å². The van der Waals surface area contributed by atoms with Gasteiger partial charge in [-0.1, -0.05) is 48.8 Å². The van der Waals surface area contributed by atoms with E-state index in [0.29, 0.717) is 5.92 Å². The second-order valence-electron chi connectivity index (χ2n) is 8.13. The third-order valence-electron chi connectivity index (χ3n) is 5.50. The molecule has 3 heteroatoms. The number of carbonyl (C=O) groups excluding carboxylic acids is 1. The fourth-order valence-corrected chi connectivity index (χ4v) is 3.51. The van der Waals surface area contributed by atoms with E-state index in [2.05, 4.69) is 52.8 Å². The zero-order chi connectivity index (χ0) is 18.6. The molecule has 0 bridgehead atoms. The summed E-state index contributed by atoms with van der Waals surface area (Å²) in [5, 5.41) is 0. The number of esters is 1. The number of epoxide rings is 1. The number of ether oxygens (including phenoxy) is 2. The molecule has 2 rings (SSSR count). The summed E-state index contributed by atoms with van der Waals surface area (Å²) in [6.45, 7) is 12.4. The van der Waals surface area contributed by atoms with Gasteiger partial charge in [-0.2, -0.15) is 0 Å². The molecule has 0 N–H and O–H groups in total. The summed E-state index contributed by atoms with van der Waals surface area (Å²) in [7, 11) is 0. The van der Waals surface area contributed by atoms with Gasteiger partial charge in [0.1, 0.15) is 11.7 Å². The third-order valence-corrected chi connectivity index (χ3v) is 5.50. The highest BCUT2D eigenvalue weighted by Gasteiger charge is 2.58. The molecule has 3 nitrogen and oxygen atoms in total. The lowest BCUT2D eigenvalue weighted by molar-refractivity contribution is -0.149. The van der Waals surface area contributed by atoms with Crippen LogP contribution in [0.25, 0.3) is 0 Å². The molecule has 1 heterocycles. The first-order valence-corrected chi connectivity index (χ1v) is 9.59. The number of allylic oxidation sites excluding steroid dienone is 5. The molecule has 1 aliphatic carbocycles. The molecule has 0 aromatic rings. The van der Waals surface area contributed by atoms with Gasteiger partial charge in [0, 0.05) is 13.3 Å². The molecule has 0 unspecified atom stereocenters. The molecule has 1 fully saturated rings. The minimum absolute atomic E-state index is 0.175. The van der Waals surface area contributed by atoms with Crippen molar-refractivity contribution < 1.29 is 14.3 Å². The van der Waals surface area contributed by atoms with E-state index in [9.17, 15) is 4.79 Å². The number of hydrogen-bond donors (Lipinski definition) is 0. The molecule has 25 heavy (non-hydrogen) atoms. The molecule has 1 aliphatic heterocycles. The quantitative estimate of drug-likeness (QED) is 0.376. The predicted molar refractivity (Wildman–Crippen MR) is 102 cm³/mol. The van der Waals surface area contributed by atoms with E-state index < -0.39 is 0 Å². The highest BCUT2D eigenvalue weighted by Crippen LogP contribution is 2.46. The summed E-state index contributed by atoms with van der Waals surface area (Å²) in [6, 6.07) is 0. The smallest absolute Gasteiger partial charge is 0.303 e. The first kappa shape index (κ1) is 20.0. The summed E-state index contributed by atoms with van der Waals surface area (Å²) in [5.41, 5.74) is 3.76. The highest BCUT2D eigenvalue weighted by atomic mass is 16.6. The van der Waals surface area contributed by atoms with Crippen molar-refractivity contribution in [2.75, 3.05) is 0 Å². The Balaban J connectivity index is 2.30. The van der Waals surface area contributed by atoms with Gasteiger partial charge in [0.25, 0.3) is 0 Å². The van der Waals surface area contributed by atoms with Gasteiger partial charge in [-0.15, -0.1) is 0 Å². The van der Waals surface area contributed by atoms with E-state index in [0.717, 1.165) is 32.1 Å². The lowest BCUT2D eigenvalue weighted by Crippen LogP contribution is -2.34. The van der Waals surface area contributed by atoms with Crippen LogP contribution >= 0.6 is 0 Å². The van der Waals surface area contributed by atoms with Crippen molar-refractivity contribution >= 4 is 5.97 Å². The Kier molecular flexibility index (Phi) is 6.67. The van der Waals surface area contributed by atoms with Gasteiger partial charge in [0.2, 0.25) is 0 Å². The van der Waals surface area contributed by atoms with Crippen molar-refractivity contribution in [3.8, 4) is 0 Å². The SMILES string of the molecule is CC(=O)O[C@H]1C/C(C(C)C)=C\C=C(/C)CC/C=C(\C)CC[C@@H]2O[C@@]12C. The molecule has 1 saturated heterocycles. The minimum atomic E-state index is -0.358. The van der Waals surface area contributed by atoms with Crippen LogP contribution in [0.4, 0.5) is 0 Å². The Morgan fingerprint density at radius 2 is 1.96 bits per heavy atom. The maximum absolute atomic E-state index is 11.7. The normalized spacial score (nSPS) is 37.5. The lowest BCUT2D eigenvalue weighted by Gasteiger charge is -2.24. The monoisotopic (exact) mass is 346 g/mol. The van der Waals surface area contributed by atoms with Crippen molar-refractivity contribution in [1.29, 1.82) is 0 Å². The summed E-state index contributed by atoms with van der Waals surface area (Å²) in [6.07, 6.45) is 11.7. The van der Waals surface area contributed by atoms with E-state index in [1.807, 2.05) is 0 Å². The second-order valence-corrected chi connectivity index (χ2v) is 8.13. The van der Waals surface area contributed by atoms with E-state index in [4.69, 9.17) is 9.47 Å². The van der Waals surface area contributed by atoms with Crippen molar-refractivity contribution in [2.45, 2.75) is 91.5 Å². The summed E-state index contributed by atoms with van der Waals surface area (Å²) in [5.74, 6) is 0.186. The van der Waals surface area contributed by atoms with Gasteiger partial charge in [0.15, 0.2) is 0 Å². The van der Waals surface area contributed by atoms with E-state index in [1.165, 1.54) is 23.6 Å². The summed E-state index contributed by atoms with van der Waals surface area (Å²) in [4.78, 5) is 11.7. The zero-order valence-corrected chi connectivity index (χ0v) is 16.7. The Morgan fingerprint density at radius 3 is 2.60 bits per heavy atom. The second kappa shape index (κ2) is 8.35. The summed E-state index contributed by atoms with van der Waals surface area (Å²) < 4.78 is 11.7. The van der Waals surface area contributed by atoms with Crippen LogP contribution in [0.1, 0.15) is 73.6 Å². The van der Waals surface area contributed by atoms with Crippen LogP contribution in [-0.4, -0.2) is 23.8 Å². The van der Waals surface area contributed by atoms with Gasteiger partial charge in [-0.05, 0) is 52.4 Å². The maximum Gasteiger partial charge on any atom is 0.303 e. The number of carbonyl (C=O) groups is 1. The molecular weight excluding hydrogens is 312 g/mol. The van der Waals surface area contributed by atoms with Gasteiger partial charge in [0.05, 0.1) is 6.10 Å². The Hall–Kier alpha value is -1.35. The van der Waals surface area contributed by atoms with Crippen LogP contribution < -0.4 is 0 Å². The largest absolute Gasteiger partial charge is 0.459 e. The number of hydrogen-bond acceptors (Lipinski definition) is 3. The molecule has 0 amide bonds. The Labute approximate surface area is 153 Å². The standard InChI is InChI=1S/C22H34O3/c1-15(2)19-12-10-16(3)8-7-9-17(4)11-13-20-22(6,25-20)21(14-19)24-18(5)23/h9-10,12,15,20-21H,7-8,11,13-14H2,1-6H3/b16-10+,17-9+,19-12+/t20-,21-,22+/m0/s1. The van der Waals surface area contributed by atoms with Crippen LogP contribution in [0.15, 0.2) is 34.9 Å². The molecule has 140 valence electrons. The molecule has 0 saturated carbocycles. The van der Waals surface area contributed by atoms with Crippen molar-refractivity contribution in [3.63, 3.8) is 0 Å². The van der Waals surface area contributed by atoms with Gasteiger partial charge in [-0.3, -0.25) is 4.79 Å². The van der Waals surface area contributed by atoms with Gasteiger partial charge >= 0.3 is 5.97 Å². The van der Waals surface area contributed by atoms with Gasteiger partial charge in [-0.25, -0.2) is 0 Å². The Morgan fingerprint density at radius 1 is 1.24 bits per heavy atom. The highest BCUT2D eigenvalue weighted by molar-refractivity contribution is 5.66. The van der Waals surface area contributed by atoms with Crippen LogP contribution in [0.2, 0.25) is 0 Å². The van der Waals surface area contributed by atoms with Crippen LogP contribution in [0.5, 0.6) is 0 Å². The zero-order valence-electron chi connectivity index (χ0n) is 16.7. The molecule has 0 radical (unpaired) electrons. The molecule has 0 spiro atoms. The lowest BCUT2D eigenvalue weighted by atomic mass is 9.87. The molecular formula is C22H34O3. The molecule has 2 aliphatic rings. The molecule has 0 aromatic carbocycles. The molecule has 0 aromatic heterocycles. The third kappa shape index (κ3) is 5.57. The first-order valence-electron chi connectivity index (χ1n) is 9.59. The van der Waals surface area contributed by atoms with Crippen LogP contribution in [0.3, 0.4) is 0 Å². The van der Waals surface area contributed by atoms with Crippen LogP contribution in [0, 0.1) is 5.92 Å². The van der Waals surface area contributed by atoms with E-state index in [1.54, 1.807) is 0 Å². The first-order chi connectivity index (χ1) is 11.7. The minimum Gasteiger partial charge on any atom is -0.459 e. The topological polar surface area (TPSA) is 38.8 Å². The van der Waals surface area contributed by atoms with E-state index >= 15 is 0 Å². The number of fused-ring (bicyclic) bond motifs is 1. The Bertz CT molecular complexity index is 582. The average Bonchev–Trinajstić information content (AvgIpc) is 3.18. The van der Waals surface area contributed by atoms with Crippen molar-refractivity contribution in [1.82, 2.24) is 0 Å². The summed E-state index contributed by atoms with van der Waals surface area (Å²) >= 11 is 0. The van der Waals surface area contributed by atoms with Gasteiger partial charge < -0.3 is 9.47 Å². The van der Waals surface area contributed by atoms with E-state index in [-0.39, 0.29) is 23.8 Å². The fraction of sp³-hybridized carbons (Fsp3) is 0.682. The average molecular weight is 347 g/mol. The predicted octanol–water partition coefficient (Wildman–Crippen LogP) is 5.51. The molecule has 3 atom stereocenters. The fourth-order valence-electron chi connectivity index (χ4n) is 3.51. The number of rotatable bonds is 2. The van der Waals surface area contributed by atoms with Crippen molar-refractivity contribution in [2.24, 2.45) is 5.92 Å². The van der Waals surface area contributed by atoms with Crippen LogP contribution in [-0.2, 0) is 14.3 Å². The maximum atomic E-state index is 11.7.